The largest absolute Gasteiger partial charge is 0.431 e. The molecule has 0 fully saturated rings. The Morgan fingerprint density at radius 1 is 1.33 bits per heavy atom. The minimum Gasteiger partial charge on any atom is -0.352 e. The summed E-state index contributed by atoms with van der Waals surface area (Å²) >= 11 is 0. The maximum Gasteiger partial charge on any atom is 0.431 e. The zero-order valence-corrected chi connectivity index (χ0v) is 13.2. The molecule has 0 saturated carbocycles. The number of aromatic nitrogens is 3. The van der Waals surface area contributed by atoms with E-state index in [1.165, 1.54) is 0 Å². The van der Waals surface area contributed by atoms with E-state index in [1.54, 1.807) is 9.67 Å². The van der Waals surface area contributed by atoms with Crippen molar-refractivity contribution in [2.75, 3.05) is 6.54 Å². The van der Waals surface area contributed by atoms with Crippen LogP contribution in [-0.4, -0.2) is 27.2 Å². The van der Waals surface area contributed by atoms with Crippen molar-refractivity contribution in [3.63, 3.8) is 0 Å². The number of rotatable bonds is 5. The topological polar surface area (TPSA) is 79.8 Å². The van der Waals surface area contributed by atoms with Crippen molar-refractivity contribution < 1.29 is 18.0 Å². The van der Waals surface area contributed by atoms with Gasteiger partial charge in [0.1, 0.15) is 11.3 Å². The number of halogens is 3. The lowest BCUT2D eigenvalue weighted by Crippen LogP contribution is -2.31. The Morgan fingerprint density at radius 2 is 2.04 bits per heavy atom. The number of carbonyl (C=O) groups is 1. The summed E-state index contributed by atoms with van der Waals surface area (Å²) in [5.41, 5.74) is -0.714. The lowest BCUT2D eigenvalue weighted by atomic mass is 10.2. The molecule has 9 heteroatoms. The summed E-state index contributed by atoms with van der Waals surface area (Å²) in [6.45, 7) is 4.66. The highest BCUT2D eigenvalue weighted by Gasteiger charge is 2.32. The van der Waals surface area contributed by atoms with Gasteiger partial charge in [0.15, 0.2) is 0 Å². The summed E-state index contributed by atoms with van der Waals surface area (Å²) in [6, 6.07) is 3.48. The van der Waals surface area contributed by atoms with E-state index in [9.17, 15) is 22.8 Å². The Hall–Kier alpha value is -2.58. The lowest BCUT2D eigenvalue weighted by molar-refractivity contribution is -0.141. The Bertz CT molecular complexity index is 793. The molecule has 0 saturated heterocycles. The fourth-order valence-electron chi connectivity index (χ4n) is 2.25. The zero-order chi connectivity index (χ0) is 17.9. The molecule has 2 rings (SSSR count). The molecule has 0 radical (unpaired) electrons. The van der Waals surface area contributed by atoms with Gasteiger partial charge < -0.3 is 10.3 Å². The third-order valence-corrected chi connectivity index (χ3v) is 3.40. The molecule has 0 aliphatic carbocycles. The van der Waals surface area contributed by atoms with Gasteiger partial charge >= 0.3 is 6.18 Å². The minimum absolute atomic E-state index is 0.275. The van der Waals surface area contributed by atoms with Crippen LogP contribution in [0.5, 0.6) is 0 Å². The molecule has 0 bridgehead atoms. The molecule has 1 amide bonds. The number of carbonyl (C=O) groups excluding carboxylic acids is 1. The van der Waals surface area contributed by atoms with Crippen LogP contribution in [0.1, 0.15) is 33.9 Å². The molecule has 0 aliphatic rings. The average molecular weight is 342 g/mol. The number of nitrogens with zero attached hydrogens (tertiary/aromatic N) is 2. The van der Waals surface area contributed by atoms with Crippen LogP contribution in [0.25, 0.3) is 0 Å². The van der Waals surface area contributed by atoms with Gasteiger partial charge in [-0.25, -0.2) is 0 Å². The molecule has 2 aromatic heterocycles. The van der Waals surface area contributed by atoms with Crippen molar-refractivity contribution >= 4 is 5.91 Å². The van der Waals surface area contributed by atoms with Gasteiger partial charge in [-0.3, -0.25) is 14.3 Å². The number of hydrogen-bond donors (Lipinski definition) is 2. The quantitative estimate of drug-likeness (QED) is 0.816. The van der Waals surface area contributed by atoms with Crippen molar-refractivity contribution in [3.8, 4) is 0 Å². The molecule has 0 spiro atoms. The predicted molar refractivity (Wildman–Crippen MR) is 80.7 cm³/mol. The Labute approximate surface area is 135 Å². The van der Waals surface area contributed by atoms with Gasteiger partial charge in [-0.05, 0) is 38.5 Å². The number of amides is 1. The Morgan fingerprint density at radius 3 is 2.58 bits per heavy atom. The van der Waals surface area contributed by atoms with Crippen molar-refractivity contribution in [1.29, 1.82) is 0 Å². The third kappa shape index (κ3) is 4.24. The molecule has 24 heavy (non-hydrogen) atoms. The number of H-pyrrole nitrogens is 1. The molecule has 130 valence electrons. The summed E-state index contributed by atoms with van der Waals surface area (Å²) in [7, 11) is 0. The van der Waals surface area contributed by atoms with Crippen LogP contribution in [0, 0.1) is 13.8 Å². The van der Waals surface area contributed by atoms with E-state index in [0.29, 0.717) is 19.0 Å². The second kappa shape index (κ2) is 6.90. The smallest absolute Gasteiger partial charge is 0.352 e. The SMILES string of the molecule is Cc1cc(C)n(CCCNC(=O)c2ccc(C(F)(F)F)[nH]c2=O)n1. The van der Waals surface area contributed by atoms with Gasteiger partial charge in [0.05, 0.1) is 5.69 Å². The summed E-state index contributed by atoms with van der Waals surface area (Å²) in [4.78, 5) is 25.1. The predicted octanol–water partition coefficient (Wildman–Crippen LogP) is 2.03. The van der Waals surface area contributed by atoms with E-state index in [2.05, 4.69) is 10.4 Å². The van der Waals surface area contributed by atoms with Gasteiger partial charge in [-0.15, -0.1) is 0 Å². The van der Waals surface area contributed by atoms with Crippen LogP contribution in [0.15, 0.2) is 23.0 Å². The van der Waals surface area contributed by atoms with Crippen LogP contribution in [0.2, 0.25) is 0 Å². The molecule has 0 aromatic carbocycles. The number of aryl methyl sites for hydroxylation is 3. The van der Waals surface area contributed by atoms with Crippen molar-refractivity contribution in [3.05, 3.63) is 51.2 Å². The van der Waals surface area contributed by atoms with E-state index < -0.39 is 23.3 Å². The standard InChI is InChI=1S/C15H17F3N4O2/c1-9-8-10(2)22(21-9)7-3-6-19-13(23)11-4-5-12(15(16,17)18)20-14(11)24/h4-5,8H,3,6-7H2,1-2H3,(H,19,23)(H,20,24). The Balaban J connectivity index is 1.91. The highest BCUT2D eigenvalue weighted by atomic mass is 19.4. The van der Waals surface area contributed by atoms with Crippen LogP contribution in [0.3, 0.4) is 0 Å². The van der Waals surface area contributed by atoms with E-state index in [-0.39, 0.29) is 12.1 Å². The van der Waals surface area contributed by atoms with Gasteiger partial charge in [-0.1, -0.05) is 0 Å². The maximum atomic E-state index is 12.5. The normalized spacial score (nSPS) is 11.5. The molecule has 0 unspecified atom stereocenters. The molecule has 2 heterocycles. The second-order valence-electron chi connectivity index (χ2n) is 5.37. The molecule has 2 aromatic rings. The zero-order valence-electron chi connectivity index (χ0n) is 13.2. The molecule has 2 N–H and O–H groups in total. The summed E-state index contributed by atoms with van der Waals surface area (Å²) in [5.74, 6) is -0.710. The first-order chi connectivity index (χ1) is 11.2. The summed E-state index contributed by atoms with van der Waals surface area (Å²) in [6.07, 6.45) is -4.08. The number of hydrogen-bond acceptors (Lipinski definition) is 3. The maximum absolute atomic E-state index is 12.5. The van der Waals surface area contributed by atoms with Crippen LogP contribution < -0.4 is 10.9 Å². The van der Waals surface area contributed by atoms with Crippen LogP contribution in [0.4, 0.5) is 13.2 Å². The third-order valence-electron chi connectivity index (χ3n) is 3.40. The molecular formula is C15H17F3N4O2. The van der Waals surface area contributed by atoms with E-state index in [4.69, 9.17) is 0 Å². The van der Waals surface area contributed by atoms with Gasteiger partial charge in [-0.2, -0.15) is 18.3 Å². The average Bonchev–Trinajstić information content (AvgIpc) is 2.80. The van der Waals surface area contributed by atoms with E-state index in [0.717, 1.165) is 17.5 Å². The van der Waals surface area contributed by atoms with Gasteiger partial charge in [0.25, 0.3) is 11.5 Å². The molecule has 0 aliphatic heterocycles. The molecule has 0 atom stereocenters. The highest BCUT2D eigenvalue weighted by molar-refractivity contribution is 5.93. The van der Waals surface area contributed by atoms with Gasteiger partial charge in [0.2, 0.25) is 0 Å². The monoisotopic (exact) mass is 342 g/mol. The van der Waals surface area contributed by atoms with E-state index in [1.807, 2.05) is 19.9 Å². The first kappa shape index (κ1) is 17.8. The fraction of sp³-hybridized carbons (Fsp3) is 0.400. The van der Waals surface area contributed by atoms with Crippen molar-refractivity contribution in [1.82, 2.24) is 20.1 Å². The first-order valence-electron chi connectivity index (χ1n) is 7.28. The van der Waals surface area contributed by atoms with Crippen LogP contribution >= 0.6 is 0 Å². The minimum atomic E-state index is -4.66. The van der Waals surface area contributed by atoms with Crippen molar-refractivity contribution in [2.24, 2.45) is 0 Å². The second-order valence-corrected chi connectivity index (χ2v) is 5.37. The van der Waals surface area contributed by atoms with E-state index >= 15 is 0 Å². The molecular weight excluding hydrogens is 325 g/mol. The molecule has 6 nitrogen and oxygen atoms in total. The van der Waals surface area contributed by atoms with Gasteiger partial charge in [0, 0.05) is 18.8 Å². The fourth-order valence-corrected chi connectivity index (χ4v) is 2.25. The van der Waals surface area contributed by atoms with Crippen molar-refractivity contribution in [2.45, 2.75) is 33.0 Å². The van der Waals surface area contributed by atoms with Crippen LogP contribution in [-0.2, 0) is 12.7 Å². The number of aromatic amines is 1. The number of alkyl halides is 3. The summed E-state index contributed by atoms with van der Waals surface area (Å²) < 4.78 is 39.2. The first-order valence-corrected chi connectivity index (χ1v) is 7.28. The number of pyridine rings is 1. The highest BCUT2D eigenvalue weighted by Crippen LogP contribution is 2.26. The summed E-state index contributed by atoms with van der Waals surface area (Å²) in [5, 5.41) is 6.79. The Kier molecular flexibility index (Phi) is 5.10. The lowest BCUT2D eigenvalue weighted by Gasteiger charge is -2.08. The number of nitrogens with one attached hydrogen (secondary N) is 2.